The maximum Gasteiger partial charge on any atom is 0.0889 e. The van der Waals surface area contributed by atoms with Gasteiger partial charge in [0.25, 0.3) is 0 Å². The topological polar surface area (TPSA) is 104 Å². The van der Waals surface area contributed by atoms with E-state index >= 15 is 0 Å². The molecule has 2 fully saturated rings. The highest BCUT2D eigenvalue weighted by Crippen LogP contribution is 2.17. The van der Waals surface area contributed by atoms with E-state index in [1.165, 1.54) is 11.1 Å². The molecule has 2 saturated heterocycles. The molecule has 0 saturated carbocycles. The standard InChI is InChI=1S/C30H52N10/c1(17-39-19-13-31-9-10-32-14-20-39)5-35-25-27-3-7-37-29(23-27)30-24-28(4-8-38-30)26-36-6-2-18-40-21-15-33-11-12-34-16-22-40/h3-4,7-8,23-24,31-36H,1-2,5-6,9-22,25-26H2. The van der Waals surface area contributed by atoms with Crippen LogP contribution in [0.25, 0.3) is 11.4 Å². The Morgan fingerprint density at radius 2 is 0.975 bits per heavy atom. The van der Waals surface area contributed by atoms with Crippen LogP contribution < -0.4 is 31.9 Å². The van der Waals surface area contributed by atoms with Gasteiger partial charge in [-0.15, -0.1) is 0 Å². The Hall–Kier alpha value is -2.02. The predicted molar refractivity (Wildman–Crippen MR) is 164 cm³/mol. The van der Waals surface area contributed by atoms with Crippen molar-refractivity contribution >= 4 is 0 Å². The molecule has 6 N–H and O–H groups in total. The lowest BCUT2D eigenvalue weighted by Gasteiger charge is -2.21. The fraction of sp³-hybridized carbons (Fsp3) is 0.667. The quantitative estimate of drug-likeness (QED) is 0.192. The van der Waals surface area contributed by atoms with E-state index in [2.05, 4.69) is 75.9 Å². The first-order chi connectivity index (χ1) is 19.9. The summed E-state index contributed by atoms with van der Waals surface area (Å²) < 4.78 is 0. The molecule has 2 aliphatic heterocycles. The van der Waals surface area contributed by atoms with Crippen LogP contribution in [0.1, 0.15) is 24.0 Å². The molecule has 0 spiro atoms. The Morgan fingerprint density at radius 1 is 0.575 bits per heavy atom. The highest BCUT2D eigenvalue weighted by Gasteiger charge is 2.08. The van der Waals surface area contributed by atoms with Crippen LogP contribution in [0.3, 0.4) is 0 Å². The lowest BCUT2D eigenvalue weighted by molar-refractivity contribution is 0.276. The summed E-state index contributed by atoms with van der Waals surface area (Å²) in [5.74, 6) is 0. The highest BCUT2D eigenvalue weighted by atomic mass is 15.2. The molecular formula is C30H52N10. The monoisotopic (exact) mass is 552 g/mol. The van der Waals surface area contributed by atoms with Crippen molar-refractivity contribution in [3.8, 4) is 11.4 Å². The number of aromatic nitrogens is 2. The third-order valence-corrected chi connectivity index (χ3v) is 7.60. The van der Waals surface area contributed by atoms with Crippen molar-refractivity contribution in [2.24, 2.45) is 0 Å². The maximum absolute atomic E-state index is 4.62. The van der Waals surface area contributed by atoms with Gasteiger partial charge in [-0.1, -0.05) is 0 Å². The van der Waals surface area contributed by atoms with Gasteiger partial charge in [-0.05, 0) is 74.4 Å². The summed E-state index contributed by atoms with van der Waals surface area (Å²) in [6.45, 7) is 19.1. The lowest BCUT2D eigenvalue weighted by Crippen LogP contribution is -2.35. The zero-order valence-corrected chi connectivity index (χ0v) is 24.4. The van der Waals surface area contributed by atoms with Crippen molar-refractivity contribution in [3.63, 3.8) is 0 Å². The van der Waals surface area contributed by atoms with Gasteiger partial charge >= 0.3 is 0 Å². The highest BCUT2D eigenvalue weighted by molar-refractivity contribution is 5.55. The number of hydrogen-bond acceptors (Lipinski definition) is 10. The first-order valence-corrected chi connectivity index (χ1v) is 15.5. The molecule has 40 heavy (non-hydrogen) atoms. The number of pyridine rings is 2. The molecule has 222 valence electrons. The third-order valence-electron chi connectivity index (χ3n) is 7.60. The van der Waals surface area contributed by atoms with E-state index in [1.807, 2.05) is 12.4 Å². The third kappa shape index (κ3) is 12.2. The molecule has 0 radical (unpaired) electrons. The first-order valence-electron chi connectivity index (χ1n) is 15.5. The molecule has 0 amide bonds. The number of rotatable bonds is 13. The normalized spacial score (nSPS) is 18.7. The van der Waals surface area contributed by atoms with E-state index in [1.54, 1.807) is 0 Å². The summed E-state index contributed by atoms with van der Waals surface area (Å²) in [5, 5.41) is 21.2. The maximum atomic E-state index is 4.62. The summed E-state index contributed by atoms with van der Waals surface area (Å²) >= 11 is 0. The van der Waals surface area contributed by atoms with Crippen LogP contribution in [-0.2, 0) is 13.1 Å². The van der Waals surface area contributed by atoms with E-state index in [9.17, 15) is 0 Å². The van der Waals surface area contributed by atoms with Crippen LogP contribution in [0.15, 0.2) is 36.7 Å². The molecule has 0 aliphatic carbocycles. The molecule has 0 aromatic carbocycles. The summed E-state index contributed by atoms with van der Waals surface area (Å²) in [5.41, 5.74) is 4.37. The van der Waals surface area contributed by atoms with Gasteiger partial charge in [0.2, 0.25) is 0 Å². The zero-order chi connectivity index (χ0) is 27.5. The summed E-state index contributed by atoms with van der Waals surface area (Å²) in [6.07, 6.45) is 6.11. The van der Waals surface area contributed by atoms with E-state index in [0.717, 1.165) is 142 Å². The average Bonchev–Trinajstić information content (AvgIpc) is 3.21. The van der Waals surface area contributed by atoms with Gasteiger partial charge in [0, 0.05) is 104 Å². The van der Waals surface area contributed by atoms with Gasteiger partial charge < -0.3 is 41.7 Å². The van der Waals surface area contributed by atoms with E-state index in [0.29, 0.717) is 0 Å². The van der Waals surface area contributed by atoms with Crippen molar-refractivity contribution in [2.75, 3.05) is 105 Å². The van der Waals surface area contributed by atoms with Gasteiger partial charge in [0.15, 0.2) is 0 Å². The van der Waals surface area contributed by atoms with Crippen LogP contribution in [-0.4, -0.2) is 124 Å². The minimum atomic E-state index is 0.850. The summed E-state index contributed by atoms with van der Waals surface area (Å²) in [4.78, 5) is 14.3. The van der Waals surface area contributed by atoms with Crippen LogP contribution in [0.4, 0.5) is 0 Å². The molecular weight excluding hydrogens is 500 g/mol. The molecule has 2 aromatic heterocycles. The van der Waals surface area contributed by atoms with Gasteiger partial charge in [-0.2, -0.15) is 0 Å². The Kier molecular flexibility index (Phi) is 14.8. The smallest absolute Gasteiger partial charge is 0.0889 e. The van der Waals surface area contributed by atoms with Crippen molar-refractivity contribution in [2.45, 2.75) is 25.9 Å². The van der Waals surface area contributed by atoms with Crippen LogP contribution in [0.2, 0.25) is 0 Å². The van der Waals surface area contributed by atoms with Crippen molar-refractivity contribution in [1.82, 2.24) is 51.7 Å². The van der Waals surface area contributed by atoms with Gasteiger partial charge in [-0.25, -0.2) is 0 Å². The van der Waals surface area contributed by atoms with Gasteiger partial charge in [0.1, 0.15) is 0 Å². The Balaban J connectivity index is 1.14. The molecule has 0 atom stereocenters. The first kappa shape index (κ1) is 30.9. The largest absolute Gasteiger partial charge is 0.314 e. The molecule has 2 aliphatic rings. The summed E-state index contributed by atoms with van der Waals surface area (Å²) in [7, 11) is 0. The van der Waals surface area contributed by atoms with E-state index in [4.69, 9.17) is 0 Å². The minimum Gasteiger partial charge on any atom is -0.314 e. The van der Waals surface area contributed by atoms with Crippen LogP contribution in [0, 0.1) is 0 Å². The molecule has 10 heteroatoms. The molecule has 2 aromatic rings. The van der Waals surface area contributed by atoms with Crippen LogP contribution in [0.5, 0.6) is 0 Å². The number of nitrogens with one attached hydrogen (secondary N) is 6. The fourth-order valence-electron chi connectivity index (χ4n) is 5.24. The average molecular weight is 553 g/mol. The fourth-order valence-corrected chi connectivity index (χ4v) is 5.24. The second kappa shape index (κ2) is 19.2. The lowest BCUT2D eigenvalue weighted by atomic mass is 10.1. The number of nitrogens with zero attached hydrogens (tertiary/aromatic N) is 4. The summed E-state index contributed by atoms with van der Waals surface area (Å²) in [6, 6.07) is 8.53. The molecule has 4 rings (SSSR count). The zero-order valence-electron chi connectivity index (χ0n) is 24.4. The van der Waals surface area contributed by atoms with Crippen LogP contribution >= 0.6 is 0 Å². The Labute approximate surface area is 241 Å². The van der Waals surface area contributed by atoms with Gasteiger partial charge in [0.05, 0.1) is 11.4 Å². The second-order valence-electron chi connectivity index (χ2n) is 10.8. The van der Waals surface area contributed by atoms with Crippen molar-refractivity contribution in [3.05, 3.63) is 47.8 Å². The molecule has 0 unspecified atom stereocenters. The molecule has 0 bridgehead atoms. The van der Waals surface area contributed by atoms with Gasteiger partial charge in [-0.3, -0.25) is 9.97 Å². The van der Waals surface area contributed by atoms with Crippen molar-refractivity contribution < 1.29 is 0 Å². The minimum absolute atomic E-state index is 0.850. The molecule has 10 nitrogen and oxygen atoms in total. The Morgan fingerprint density at radius 3 is 1.38 bits per heavy atom. The van der Waals surface area contributed by atoms with E-state index < -0.39 is 0 Å². The second-order valence-corrected chi connectivity index (χ2v) is 10.8. The Bertz CT molecular complexity index is 847. The molecule has 4 heterocycles. The van der Waals surface area contributed by atoms with Crippen molar-refractivity contribution in [1.29, 1.82) is 0 Å². The number of hydrogen-bond donors (Lipinski definition) is 6. The SMILES string of the molecule is c1cc(CNCCCN2CCNCCNCC2)cc(-c2cc(CNCCCN3CCNCCNCC3)ccn2)n1. The predicted octanol–water partition coefficient (Wildman–Crippen LogP) is 0.0926. The van der Waals surface area contributed by atoms with E-state index in [-0.39, 0.29) is 0 Å².